The van der Waals surface area contributed by atoms with Crippen molar-refractivity contribution in [2.24, 2.45) is 4.99 Å². The maximum atomic E-state index is 12.8. The van der Waals surface area contributed by atoms with E-state index in [1.807, 2.05) is 0 Å². The zero-order valence-corrected chi connectivity index (χ0v) is 12.8. The molecule has 2 aromatic rings. The van der Waals surface area contributed by atoms with E-state index in [0.29, 0.717) is 10.5 Å². The molecule has 0 N–H and O–H groups in total. The third-order valence-electron chi connectivity index (χ3n) is 2.58. The van der Waals surface area contributed by atoms with E-state index in [1.165, 1.54) is 22.0 Å². The molecule has 0 saturated carbocycles. The number of benzene rings is 1. The summed E-state index contributed by atoms with van der Waals surface area (Å²) in [6.07, 6.45) is -1.15. The molecule has 0 aliphatic rings. The van der Waals surface area contributed by atoms with Gasteiger partial charge in [-0.1, -0.05) is 17.8 Å². The summed E-state index contributed by atoms with van der Waals surface area (Å²) in [5, 5.41) is -0.391. The molecule has 1 aromatic carbocycles. The van der Waals surface area contributed by atoms with E-state index in [2.05, 4.69) is 4.99 Å². The Morgan fingerprint density at radius 3 is 2.71 bits per heavy atom. The lowest BCUT2D eigenvalue weighted by Crippen LogP contribution is -2.14. The number of nitrogens with zero attached hydrogens (tertiary/aromatic N) is 2. The van der Waals surface area contributed by atoms with E-state index in [1.54, 1.807) is 25.4 Å². The van der Waals surface area contributed by atoms with Crippen LogP contribution in [0.1, 0.15) is 10.4 Å². The van der Waals surface area contributed by atoms with Crippen LogP contribution in [0, 0.1) is 6.92 Å². The van der Waals surface area contributed by atoms with Crippen molar-refractivity contribution < 1.29 is 18.0 Å². The predicted octanol–water partition coefficient (Wildman–Crippen LogP) is 4.25. The van der Waals surface area contributed by atoms with Gasteiger partial charge < -0.3 is 0 Å². The highest BCUT2D eigenvalue weighted by Crippen LogP contribution is 2.30. The Hall–Kier alpha value is -1.54. The number of aromatic nitrogens is 1. The first-order chi connectivity index (χ1) is 9.81. The van der Waals surface area contributed by atoms with Gasteiger partial charge in [0.15, 0.2) is 4.80 Å². The van der Waals surface area contributed by atoms with Gasteiger partial charge >= 0.3 is 11.4 Å². The van der Waals surface area contributed by atoms with Gasteiger partial charge in [-0.15, -0.1) is 11.3 Å². The number of halogens is 3. The summed E-state index contributed by atoms with van der Waals surface area (Å²) >= 11 is 2.20. The van der Waals surface area contributed by atoms with Crippen LogP contribution in [-0.4, -0.2) is 16.1 Å². The van der Waals surface area contributed by atoms with Crippen LogP contribution in [0.5, 0.6) is 0 Å². The minimum absolute atomic E-state index is 0.321. The molecular formula is C13H11F3N2OS2. The van der Waals surface area contributed by atoms with Crippen LogP contribution in [0.25, 0.3) is 5.69 Å². The molecule has 0 unspecified atom stereocenters. The largest absolute Gasteiger partial charge is 0.416 e. The van der Waals surface area contributed by atoms with Gasteiger partial charge in [0.05, 0.1) is 5.56 Å². The zero-order valence-electron chi connectivity index (χ0n) is 11.1. The van der Waals surface area contributed by atoms with Crippen molar-refractivity contribution in [1.29, 1.82) is 0 Å². The van der Waals surface area contributed by atoms with Gasteiger partial charge in [-0.25, -0.2) is 0 Å². The number of alkyl halides is 3. The molecule has 8 heteroatoms. The van der Waals surface area contributed by atoms with E-state index in [9.17, 15) is 18.0 Å². The van der Waals surface area contributed by atoms with Crippen LogP contribution in [-0.2, 0) is 6.18 Å². The first-order valence-electron chi connectivity index (χ1n) is 5.80. The molecule has 0 bridgehead atoms. The lowest BCUT2D eigenvalue weighted by atomic mass is 10.2. The topological polar surface area (TPSA) is 34.4 Å². The van der Waals surface area contributed by atoms with Crippen LogP contribution >= 0.6 is 23.1 Å². The second kappa shape index (κ2) is 6.07. The first kappa shape index (κ1) is 15.8. The van der Waals surface area contributed by atoms with Crippen molar-refractivity contribution in [2.75, 3.05) is 6.26 Å². The number of thioether (sulfide) groups is 1. The molecule has 0 atom stereocenters. The molecule has 1 amide bonds. The lowest BCUT2D eigenvalue weighted by Gasteiger charge is -2.09. The minimum Gasteiger partial charge on any atom is -0.292 e. The van der Waals surface area contributed by atoms with Crippen LogP contribution in [0.4, 0.5) is 18.0 Å². The number of aryl methyl sites for hydroxylation is 1. The van der Waals surface area contributed by atoms with Crippen molar-refractivity contribution in [2.45, 2.75) is 13.1 Å². The molecule has 1 heterocycles. The lowest BCUT2D eigenvalue weighted by molar-refractivity contribution is -0.137. The molecule has 1 aromatic heterocycles. The van der Waals surface area contributed by atoms with Crippen LogP contribution < -0.4 is 4.80 Å². The van der Waals surface area contributed by atoms with Gasteiger partial charge in [-0.05, 0) is 31.4 Å². The fourth-order valence-corrected chi connectivity index (χ4v) is 2.74. The smallest absolute Gasteiger partial charge is 0.292 e. The number of carbonyl (C=O) groups excluding carboxylic acids is 1. The fourth-order valence-electron chi connectivity index (χ4n) is 1.67. The van der Waals surface area contributed by atoms with Crippen molar-refractivity contribution in [3.63, 3.8) is 0 Å². The average Bonchev–Trinajstić information content (AvgIpc) is 2.78. The van der Waals surface area contributed by atoms with Crippen LogP contribution in [0.15, 0.2) is 35.5 Å². The normalized spacial score (nSPS) is 12.7. The standard InChI is InChI=1S/C13H11F3N2OS2/c1-8-7-18(11(21-8)17-12(19)20-2)10-5-3-4-9(6-10)13(14,15)16/h3-7H,1-2H3/b17-11-. The molecule has 0 aliphatic heterocycles. The molecule has 21 heavy (non-hydrogen) atoms. The Bertz CT molecular complexity index is 732. The summed E-state index contributed by atoms with van der Waals surface area (Å²) in [6, 6.07) is 4.92. The number of carbonyl (C=O) groups is 1. The molecule has 0 fully saturated rings. The molecule has 112 valence electrons. The Labute approximate surface area is 127 Å². The summed E-state index contributed by atoms with van der Waals surface area (Å²) in [5.41, 5.74) is -0.416. The second-order valence-electron chi connectivity index (χ2n) is 4.12. The van der Waals surface area contributed by atoms with E-state index in [4.69, 9.17) is 0 Å². The average molecular weight is 332 g/mol. The molecular weight excluding hydrogens is 321 g/mol. The van der Waals surface area contributed by atoms with Crippen molar-refractivity contribution in [3.05, 3.63) is 45.7 Å². The van der Waals surface area contributed by atoms with E-state index in [-0.39, 0.29) is 0 Å². The van der Waals surface area contributed by atoms with Gasteiger partial charge in [-0.2, -0.15) is 18.2 Å². The van der Waals surface area contributed by atoms with Gasteiger partial charge in [0.1, 0.15) is 0 Å². The summed E-state index contributed by atoms with van der Waals surface area (Å²) in [7, 11) is 0. The molecule has 0 saturated heterocycles. The van der Waals surface area contributed by atoms with E-state index >= 15 is 0 Å². The molecule has 0 radical (unpaired) electrons. The van der Waals surface area contributed by atoms with Gasteiger partial charge in [0.2, 0.25) is 0 Å². The summed E-state index contributed by atoms with van der Waals surface area (Å²) in [4.78, 5) is 16.5. The number of hydrogen-bond acceptors (Lipinski definition) is 3. The maximum absolute atomic E-state index is 12.8. The third kappa shape index (κ3) is 3.76. The molecule has 0 spiro atoms. The quantitative estimate of drug-likeness (QED) is 0.782. The first-order valence-corrected chi connectivity index (χ1v) is 7.85. The number of thiazole rings is 1. The van der Waals surface area contributed by atoms with Crippen LogP contribution in [0.2, 0.25) is 0 Å². The fraction of sp³-hybridized carbons (Fsp3) is 0.231. The van der Waals surface area contributed by atoms with E-state index in [0.717, 1.165) is 28.8 Å². The van der Waals surface area contributed by atoms with Crippen molar-refractivity contribution in [3.8, 4) is 5.69 Å². The molecule has 3 nitrogen and oxygen atoms in total. The molecule has 2 rings (SSSR count). The Morgan fingerprint density at radius 1 is 1.38 bits per heavy atom. The summed E-state index contributed by atoms with van der Waals surface area (Å²) in [5.74, 6) is 0. The van der Waals surface area contributed by atoms with Crippen molar-refractivity contribution in [1.82, 2.24) is 4.57 Å². The zero-order chi connectivity index (χ0) is 15.6. The monoisotopic (exact) mass is 332 g/mol. The highest BCUT2D eigenvalue weighted by molar-refractivity contribution is 8.13. The number of amides is 1. The van der Waals surface area contributed by atoms with Gasteiger partial charge in [-0.3, -0.25) is 9.36 Å². The number of hydrogen-bond donors (Lipinski definition) is 0. The minimum atomic E-state index is -4.41. The van der Waals surface area contributed by atoms with Gasteiger partial charge in [0, 0.05) is 16.8 Å². The van der Waals surface area contributed by atoms with Crippen LogP contribution in [0.3, 0.4) is 0 Å². The van der Waals surface area contributed by atoms with E-state index < -0.39 is 17.0 Å². The highest BCUT2D eigenvalue weighted by Gasteiger charge is 2.30. The Morgan fingerprint density at radius 2 is 2.10 bits per heavy atom. The Kier molecular flexibility index (Phi) is 4.58. The summed E-state index contributed by atoms with van der Waals surface area (Å²) in [6.45, 7) is 1.80. The highest BCUT2D eigenvalue weighted by atomic mass is 32.2. The second-order valence-corrected chi connectivity index (χ2v) is 6.10. The third-order valence-corrected chi connectivity index (χ3v) is 3.92. The predicted molar refractivity (Wildman–Crippen MR) is 77.9 cm³/mol. The SMILES string of the molecule is CSC(=O)/N=c1\sc(C)cn1-c1cccc(C(F)(F)F)c1. The Balaban J connectivity index is 2.58. The maximum Gasteiger partial charge on any atom is 0.416 e. The van der Waals surface area contributed by atoms with Crippen molar-refractivity contribution >= 4 is 28.3 Å². The molecule has 0 aliphatic carbocycles. The summed E-state index contributed by atoms with van der Waals surface area (Å²) < 4.78 is 39.8. The number of rotatable bonds is 1. The van der Waals surface area contributed by atoms with Gasteiger partial charge in [0.25, 0.3) is 0 Å².